The molecule has 6 nitrogen and oxygen atoms in total. The van der Waals surface area contributed by atoms with E-state index in [4.69, 9.17) is 33.0 Å². The highest BCUT2D eigenvalue weighted by Crippen LogP contribution is 2.35. The second kappa shape index (κ2) is 10.6. The lowest BCUT2D eigenvalue weighted by Gasteiger charge is -2.14. The highest BCUT2D eigenvalue weighted by atomic mass is 35.5. The van der Waals surface area contributed by atoms with Crippen molar-refractivity contribution >= 4 is 45.9 Å². The molecule has 0 unspecified atom stereocenters. The molecule has 1 atom stereocenters. The zero-order valence-electron chi connectivity index (χ0n) is 20.0. The second-order valence-electron chi connectivity index (χ2n) is 8.47. The summed E-state index contributed by atoms with van der Waals surface area (Å²) in [7, 11) is 0. The maximum atomic E-state index is 13.6. The minimum atomic E-state index is -4.90. The third-order valence-corrected chi connectivity index (χ3v) is 6.38. The topological polar surface area (TPSA) is 77.8 Å². The Morgan fingerprint density at radius 2 is 1.76 bits per heavy atom. The molecule has 0 bridgehead atoms. The first kappa shape index (κ1) is 27.3. The van der Waals surface area contributed by atoms with E-state index in [1.165, 1.54) is 37.3 Å². The average Bonchev–Trinajstić information content (AvgIpc) is 3.08. The maximum absolute atomic E-state index is 13.6. The quantitative estimate of drug-likeness (QED) is 0.227. The predicted octanol–water partition coefficient (Wildman–Crippen LogP) is 7.29. The van der Waals surface area contributed by atoms with Gasteiger partial charge >= 0.3 is 12.3 Å². The second-order valence-corrected chi connectivity index (χ2v) is 9.32. The van der Waals surface area contributed by atoms with Crippen LogP contribution in [0.3, 0.4) is 0 Å². The molecule has 0 fully saturated rings. The van der Waals surface area contributed by atoms with Crippen LogP contribution < -0.4 is 9.47 Å². The van der Waals surface area contributed by atoms with Gasteiger partial charge in [0.05, 0.1) is 16.1 Å². The van der Waals surface area contributed by atoms with Gasteiger partial charge in [-0.2, -0.15) is 0 Å². The molecule has 4 aromatic rings. The van der Waals surface area contributed by atoms with Crippen molar-refractivity contribution in [1.29, 1.82) is 0 Å². The molecular weight excluding hydrogens is 546 g/mol. The molecule has 1 N–H and O–H groups in total. The molecule has 0 aliphatic carbocycles. The molecule has 0 aliphatic heterocycles. The van der Waals surface area contributed by atoms with Crippen LogP contribution in [0, 0.1) is 6.92 Å². The zero-order chi connectivity index (χ0) is 27.8. The Labute approximate surface area is 225 Å². The number of rotatable bonds is 8. The van der Waals surface area contributed by atoms with Crippen LogP contribution in [-0.4, -0.2) is 33.9 Å². The highest BCUT2D eigenvalue weighted by Gasteiger charge is 2.32. The molecular formula is C27H20Cl2F3NO5. The number of hydrogen-bond acceptors (Lipinski definition) is 4. The van der Waals surface area contributed by atoms with Gasteiger partial charge in [0.25, 0.3) is 0 Å². The summed E-state index contributed by atoms with van der Waals surface area (Å²) in [5.41, 5.74) is 1.90. The standard InChI is InChI=1S/C27H20Cl2F3NO5/c1-14-24(25(34)20-8-6-17(28)11-22(20)29)21-9-7-19(38-27(30,31)32)12-23(21)33(14)13-16-4-3-5-18(10-16)37-15(2)26(35)36/h3-12,15H,13H2,1-2H3,(H,35,36)/t15-/m0/s1. The number of carbonyl (C=O) groups is 2. The highest BCUT2D eigenvalue weighted by molar-refractivity contribution is 6.38. The number of aliphatic carboxylic acids is 1. The molecule has 3 aromatic carbocycles. The van der Waals surface area contributed by atoms with Crippen LogP contribution in [0.1, 0.15) is 34.1 Å². The molecule has 0 aliphatic rings. The largest absolute Gasteiger partial charge is 0.573 e. The van der Waals surface area contributed by atoms with E-state index in [2.05, 4.69) is 4.74 Å². The minimum Gasteiger partial charge on any atom is -0.479 e. The van der Waals surface area contributed by atoms with Gasteiger partial charge in [-0.25, -0.2) is 4.79 Å². The summed E-state index contributed by atoms with van der Waals surface area (Å²) >= 11 is 12.3. The number of hydrogen-bond donors (Lipinski definition) is 1. The number of ether oxygens (including phenoxy) is 2. The Morgan fingerprint density at radius 3 is 2.42 bits per heavy atom. The minimum absolute atomic E-state index is 0.136. The average molecular weight is 566 g/mol. The number of benzene rings is 3. The van der Waals surface area contributed by atoms with E-state index in [0.29, 0.717) is 32.9 Å². The number of carboxylic acid groups (broad SMARTS) is 1. The van der Waals surface area contributed by atoms with Crippen LogP contribution in [0.4, 0.5) is 13.2 Å². The summed E-state index contributed by atoms with van der Waals surface area (Å²) in [6.45, 7) is 3.20. The first-order chi connectivity index (χ1) is 17.8. The molecule has 0 saturated heterocycles. The number of carboxylic acids is 1. The van der Waals surface area contributed by atoms with Gasteiger partial charge in [-0.05, 0) is 61.9 Å². The zero-order valence-corrected chi connectivity index (χ0v) is 21.5. The Hall–Kier alpha value is -3.69. The van der Waals surface area contributed by atoms with Crippen molar-refractivity contribution in [2.75, 3.05) is 0 Å². The lowest BCUT2D eigenvalue weighted by molar-refractivity contribution is -0.274. The molecule has 0 spiro atoms. The smallest absolute Gasteiger partial charge is 0.479 e. The van der Waals surface area contributed by atoms with Crippen LogP contribution in [0.5, 0.6) is 11.5 Å². The SMILES string of the molecule is Cc1c(C(=O)c2ccc(Cl)cc2Cl)c2ccc(OC(F)(F)F)cc2n1Cc1cccc(O[C@@H](C)C(=O)O)c1. The molecule has 1 heterocycles. The van der Waals surface area contributed by atoms with Crippen molar-refractivity contribution in [2.45, 2.75) is 32.9 Å². The number of aromatic nitrogens is 1. The number of nitrogens with zero attached hydrogens (tertiary/aromatic N) is 1. The number of alkyl halides is 3. The van der Waals surface area contributed by atoms with Gasteiger partial charge in [-0.3, -0.25) is 4.79 Å². The van der Waals surface area contributed by atoms with E-state index in [1.54, 1.807) is 35.8 Å². The van der Waals surface area contributed by atoms with Gasteiger partial charge in [0.1, 0.15) is 11.5 Å². The number of halogens is 5. The number of carbonyl (C=O) groups excluding carboxylic acids is 1. The molecule has 11 heteroatoms. The van der Waals surface area contributed by atoms with E-state index < -0.39 is 30.0 Å². The van der Waals surface area contributed by atoms with E-state index in [1.807, 2.05) is 0 Å². The van der Waals surface area contributed by atoms with Crippen LogP contribution in [0.25, 0.3) is 10.9 Å². The third kappa shape index (κ3) is 5.89. The van der Waals surface area contributed by atoms with Crippen LogP contribution in [-0.2, 0) is 11.3 Å². The molecule has 0 radical (unpaired) electrons. The first-order valence-electron chi connectivity index (χ1n) is 11.2. The maximum Gasteiger partial charge on any atom is 0.573 e. The molecule has 1 aromatic heterocycles. The van der Waals surface area contributed by atoms with Crippen molar-refractivity contribution in [3.8, 4) is 11.5 Å². The fourth-order valence-electron chi connectivity index (χ4n) is 4.11. The Morgan fingerprint density at radius 1 is 1.03 bits per heavy atom. The van der Waals surface area contributed by atoms with Crippen LogP contribution in [0.15, 0.2) is 60.7 Å². The van der Waals surface area contributed by atoms with Gasteiger partial charge in [0.2, 0.25) is 0 Å². The summed E-state index contributed by atoms with van der Waals surface area (Å²) < 4.78 is 50.1. The van der Waals surface area contributed by atoms with Crippen molar-refractivity contribution in [1.82, 2.24) is 4.57 Å². The summed E-state index contributed by atoms with van der Waals surface area (Å²) in [5, 5.41) is 10.0. The van der Waals surface area contributed by atoms with E-state index in [9.17, 15) is 22.8 Å². The van der Waals surface area contributed by atoms with Gasteiger partial charge in [0.15, 0.2) is 11.9 Å². The van der Waals surface area contributed by atoms with E-state index in [-0.39, 0.29) is 22.7 Å². The Balaban J connectivity index is 1.83. The summed E-state index contributed by atoms with van der Waals surface area (Å²) in [6, 6.07) is 14.8. The normalized spacial score (nSPS) is 12.4. The number of fused-ring (bicyclic) bond motifs is 1. The van der Waals surface area contributed by atoms with Crippen molar-refractivity contribution in [2.24, 2.45) is 0 Å². The first-order valence-corrected chi connectivity index (χ1v) is 12.0. The Kier molecular flexibility index (Phi) is 7.62. The lowest BCUT2D eigenvalue weighted by atomic mass is 10.0. The van der Waals surface area contributed by atoms with Crippen molar-refractivity contribution in [3.05, 3.63) is 93.1 Å². The third-order valence-electron chi connectivity index (χ3n) is 5.83. The summed E-state index contributed by atoms with van der Waals surface area (Å²) in [6.07, 6.45) is -5.99. The summed E-state index contributed by atoms with van der Waals surface area (Å²) in [4.78, 5) is 24.8. The molecule has 0 amide bonds. The molecule has 4 rings (SSSR count). The molecule has 38 heavy (non-hydrogen) atoms. The van der Waals surface area contributed by atoms with Gasteiger partial charge in [-0.1, -0.05) is 35.3 Å². The van der Waals surface area contributed by atoms with Gasteiger partial charge in [-0.15, -0.1) is 13.2 Å². The van der Waals surface area contributed by atoms with Crippen LogP contribution >= 0.6 is 23.2 Å². The van der Waals surface area contributed by atoms with Crippen LogP contribution in [0.2, 0.25) is 10.0 Å². The molecule has 198 valence electrons. The summed E-state index contributed by atoms with van der Waals surface area (Å²) in [5.74, 6) is -1.70. The Bertz CT molecular complexity index is 1550. The van der Waals surface area contributed by atoms with Gasteiger partial charge in [0, 0.05) is 34.3 Å². The predicted molar refractivity (Wildman–Crippen MR) is 137 cm³/mol. The fourth-order valence-corrected chi connectivity index (χ4v) is 4.60. The van der Waals surface area contributed by atoms with E-state index >= 15 is 0 Å². The monoisotopic (exact) mass is 565 g/mol. The van der Waals surface area contributed by atoms with Crippen molar-refractivity contribution < 1.29 is 37.3 Å². The number of ketones is 1. The molecule has 0 saturated carbocycles. The van der Waals surface area contributed by atoms with E-state index in [0.717, 1.165) is 6.07 Å². The lowest BCUT2D eigenvalue weighted by Crippen LogP contribution is -2.22. The van der Waals surface area contributed by atoms with Gasteiger partial charge < -0.3 is 19.1 Å². The van der Waals surface area contributed by atoms with Crippen molar-refractivity contribution in [3.63, 3.8) is 0 Å². The fraction of sp³-hybridized carbons (Fsp3) is 0.185.